The van der Waals surface area contributed by atoms with Gasteiger partial charge in [-0.2, -0.15) is 0 Å². The monoisotopic (exact) mass is 520 g/mol. The van der Waals surface area contributed by atoms with Crippen molar-refractivity contribution >= 4 is 45.7 Å². The SMILES string of the molecule is C=CCC(SSC[C@H](NC(=O)OC(C)(C)C)C(=O)O)[C@](CC=C)(NC(=O)OC(C)(C)C)C(=O)O. The minimum absolute atomic E-state index is 0.0941. The van der Waals surface area contributed by atoms with Crippen molar-refractivity contribution < 1.29 is 38.9 Å². The molecular weight excluding hydrogens is 484 g/mol. The van der Waals surface area contributed by atoms with E-state index >= 15 is 0 Å². The number of ether oxygens (including phenoxy) is 2. The van der Waals surface area contributed by atoms with Crippen molar-refractivity contribution in [2.75, 3.05) is 5.75 Å². The first kappa shape index (κ1) is 31.7. The van der Waals surface area contributed by atoms with Gasteiger partial charge in [0.25, 0.3) is 0 Å². The van der Waals surface area contributed by atoms with Crippen LogP contribution in [0.5, 0.6) is 0 Å². The minimum atomic E-state index is -1.80. The summed E-state index contributed by atoms with van der Waals surface area (Å²) in [6.07, 6.45) is 1.13. The molecule has 2 amide bonds. The third kappa shape index (κ3) is 11.7. The molecule has 0 bridgehead atoms. The largest absolute Gasteiger partial charge is 0.480 e. The van der Waals surface area contributed by atoms with Gasteiger partial charge in [-0.05, 0) is 48.0 Å². The van der Waals surface area contributed by atoms with Crippen LogP contribution in [0.3, 0.4) is 0 Å². The summed E-state index contributed by atoms with van der Waals surface area (Å²) < 4.78 is 10.3. The molecule has 1 unspecified atom stereocenters. The van der Waals surface area contributed by atoms with E-state index in [0.717, 1.165) is 21.6 Å². The van der Waals surface area contributed by atoms with E-state index < -0.39 is 52.2 Å². The quantitative estimate of drug-likeness (QED) is 0.205. The van der Waals surface area contributed by atoms with E-state index in [4.69, 9.17) is 9.47 Å². The van der Waals surface area contributed by atoms with Crippen LogP contribution in [0.2, 0.25) is 0 Å². The van der Waals surface area contributed by atoms with Crippen LogP contribution in [0.1, 0.15) is 54.4 Å². The molecule has 3 atom stereocenters. The van der Waals surface area contributed by atoms with E-state index in [1.807, 2.05) is 0 Å². The molecular formula is C22H36N2O8S2. The molecule has 194 valence electrons. The Balaban J connectivity index is 5.62. The van der Waals surface area contributed by atoms with Crippen LogP contribution in [0.25, 0.3) is 0 Å². The fourth-order valence-corrected chi connectivity index (χ4v) is 5.65. The average molecular weight is 521 g/mol. The molecule has 0 heterocycles. The van der Waals surface area contributed by atoms with E-state index in [1.165, 1.54) is 12.2 Å². The summed E-state index contributed by atoms with van der Waals surface area (Å²) in [6.45, 7) is 17.2. The summed E-state index contributed by atoms with van der Waals surface area (Å²) in [6, 6.07) is -1.28. The van der Waals surface area contributed by atoms with Gasteiger partial charge in [0.2, 0.25) is 0 Å². The molecule has 0 aliphatic heterocycles. The molecule has 0 saturated carbocycles. The molecule has 0 saturated heterocycles. The summed E-state index contributed by atoms with van der Waals surface area (Å²) in [5.41, 5.74) is -3.45. The lowest BCUT2D eigenvalue weighted by atomic mass is 9.89. The summed E-state index contributed by atoms with van der Waals surface area (Å²) >= 11 is 0. The van der Waals surface area contributed by atoms with Gasteiger partial charge in [-0.1, -0.05) is 33.7 Å². The summed E-state index contributed by atoms with van der Waals surface area (Å²) in [4.78, 5) is 48.4. The number of nitrogens with one attached hydrogen (secondary N) is 2. The minimum Gasteiger partial charge on any atom is -0.480 e. The van der Waals surface area contributed by atoms with Gasteiger partial charge in [0, 0.05) is 12.2 Å². The molecule has 0 aromatic rings. The predicted octanol–water partition coefficient (Wildman–Crippen LogP) is 4.21. The molecule has 0 aliphatic carbocycles. The van der Waals surface area contributed by atoms with Crippen LogP contribution in [-0.4, -0.2) is 68.1 Å². The van der Waals surface area contributed by atoms with Crippen LogP contribution in [0.15, 0.2) is 25.3 Å². The van der Waals surface area contributed by atoms with E-state index in [2.05, 4.69) is 23.8 Å². The van der Waals surface area contributed by atoms with Crippen molar-refractivity contribution in [1.29, 1.82) is 0 Å². The lowest BCUT2D eigenvalue weighted by Gasteiger charge is -2.36. The van der Waals surface area contributed by atoms with Gasteiger partial charge in [0.1, 0.15) is 17.2 Å². The standard InChI is InChI=1S/C22H36N2O8S2/c1-9-11-15(22(12-10-2,17(27)28)24-19(30)32-21(6,7)8)34-33-13-14(16(25)26)23-18(29)31-20(3,4)5/h9-10,14-15H,1-2,11-13H2,3-8H3,(H,23,29)(H,24,30)(H,25,26)(H,27,28)/t14-,15?,22-/m0/s1. The Morgan fingerprint density at radius 3 is 1.88 bits per heavy atom. The normalized spacial score (nSPS) is 15.1. The Labute approximate surface area is 208 Å². The highest BCUT2D eigenvalue weighted by molar-refractivity contribution is 8.77. The number of carboxylic acid groups (broad SMARTS) is 2. The second-order valence-electron chi connectivity index (χ2n) is 9.33. The van der Waals surface area contributed by atoms with Crippen molar-refractivity contribution in [2.45, 2.75) is 82.4 Å². The van der Waals surface area contributed by atoms with Crippen LogP contribution in [-0.2, 0) is 19.1 Å². The Kier molecular flexibility index (Phi) is 12.6. The third-order valence-electron chi connectivity index (χ3n) is 3.91. The van der Waals surface area contributed by atoms with Crippen LogP contribution < -0.4 is 10.6 Å². The Morgan fingerprint density at radius 2 is 1.47 bits per heavy atom. The first-order valence-electron chi connectivity index (χ1n) is 10.4. The number of amides is 2. The molecule has 0 aromatic carbocycles. The number of allylic oxidation sites excluding steroid dienone is 1. The number of carbonyl (C=O) groups excluding carboxylic acids is 2. The Morgan fingerprint density at radius 1 is 0.941 bits per heavy atom. The van der Waals surface area contributed by atoms with Crippen molar-refractivity contribution in [3.8, 4) is 0 Å². The molecule has 0 radical (unpaired) electrons. The highest BCUT2D eigenvalue weighted by Crippen LogP contribution is 2.38. The van der Waals surface area contributed by atoms with Gasteiger partial charge < -0.3 is 30.3 Å². The molecule has 0 aliphatic rings. The van der Waals surface area contributed by atoms with Gasteiger partial charge in [-0.25, -0.2) is 19.2 Å². The number of carbonyl (C=O) groups is 4. The van der Waals surface area contributed by atoms with Gasteiger partial charge in [0.15, 0.2) is 5.54 Å². The number of alkyl carbamates (subject to hydrolysis) is 2. The fourth-order valence-electron chi connectivity index (χ4n) is 2.54. The molecule has 10 nitrogen and oxygen atoms in total. The number of aliphatic carboxylic acids is 2. The number of carboxylic acids is 2. The van der Waals surface area contributed by atoms with Crippen molar-refractivity contribution in [1.82, 2.24) is 10.6 Å². The van der Waals surface area contributed by atoms with Gasteiger partial charge in [-0.3, -0.25) is 0 Å². The first-order chi connectivity index (χ1) is 15.5. The highest BCUT2D eigenvalue weighted by atomic mass is 33.1. The first-order valence-corrected chi connectivity index (χ1v) is 12.8. The fraction of sp³-hybridized carbons (Fsp3) is 0.636. The van der Waals surface area contributed by atoms with E-state index in [0.29, 0.717) is 0 Å². The Bertz CT molecular complexity index is 761. The smallest absolute Gasteiger partial charge is 0.408 e. The van der Waals surface area contributed by atoms with Crippen LogP contribution in [0, 0.1) is 0 Å². The van der Waals surface area contributed by atoms with Gasteiger partial charge in [0.05, 0.1) is 5.25 Å². The number of hydrogen-bond acceptors (Lipinski definition) is 8. The maximum Gasteiger partial charge on any atom is 0.408 e. The molecule has 12 heteroatoms. The summed E-state index contributed by atoms with van der Waals surface area (Å²) in [5.74, 6) is -2.68. The van der Waals surface area contributed by atoms with E-state index in [-0.39, 0.29) is 18.6 Å². The third-order valence-corrected chi connectivity index (χ3v) is 6.86. The molecule has 0 rings (SSSR count). The zero-order valence-corrected chi connectivity index (χ0v) is 22.1. The second kappa shape index (κ2) is 13.5. The van der Waals surface area contributed by atoms with Gasteiger partial charge in [-0.15, -0.1) is 13.2 Å². The van der Waals surface area contributed by atoms with Crippen molar-refractivity contribution in [3.63, 3.8) is 0 Å². The molecule has 0 aromatic heterocycles. The van der Waals surface area contributed by atoms with E-state index in [1.54, 1.807) is 41.5 Å². The van der Waals surface area contributed by atoms with Crippen LogP contribution >= 0.6 is 21.6 Å². The zero-order chi connectivity index (χ0) is 26.7. The predicted molar refractivity (Wildman–Crippen MR) is 134 cm³/mol. The van der Waals surface area contributed by atoms with Crippen molar-refractivity contribution in [3.05, 3.63) is 25.3 Å². The lowest BCUT2D eigenvalue weighted by molar-refractivity contribution is -0.144. The van der Waals surface area contributed by atoms with E-state index in [9.17, 15) is 29.4 Å². The summed E-state index contributed by atoms with van der Waals surface area (Å²) in [7, 11) is 2.09. The maximum absolute atomic E-state index is 12.5. The lowest BCUT2D eigenvalue weighted by Crippen LogP contribution is -2.61. The maximum atomic E-state index is 12.5. The van der Waals surface area contributed by atoms with Crippen LogP contribution in [0.4, 0.5) is 9.59 Å². The molecule has 34 heavy (non-hydrogen) atoms. The number of rotatable bonds is 13. The number of hydrogen-bond donors (Lipinski definition) is 4. The molecule has 0 fully saturated rings. The zero-order valence-electron chi connectivity index (χ0n) is 20.5. The average Bonchev–Trinajstić information content (AvgIpc) is 2.62. The topological polar surface area (TPSA) is 151 Å². The Hall–Kier alpha value is -2.34. The molecule has 0 spiro atoms. The summed E-state index contributed by atoms with van der Waals surface area (Å²) in [5, 5.41) is 23.5. The van der Waals surface area contributed by atoms with Crippen molar-refractivity contribution in [2.24, 2.45) is 0 Å². The molecule has 4 N–H and O–H groups in total. The van der Waals surface area contributed by atoms with Gasteiger partial charge >= 0.3 is 24.1 Å². The highest BCUT2D eigenvalue weighted by Gasteiger charge is 2.47. The second-order valence-corrected chi connectivity index (χ2v) is 11.9.